The van der Waals surface area contributed by atoms with Gasteiger partial charge in [0.2, 0.25) is 5.95 Å². The van der Waals surface area contributed by atoms with Crippen LogP contribution < -0.4 is 11.1 Å². The number of nitrogens with zero attached hydrogens (tertiary/aromatic N) is 4. The Morgan fingerprint density at radius 2 is 2.00 bits per heavy atom. The van der Waals surface area contributed by atoms with Crippen molar-refractivity contribution < 1.29 is 4.39 Å². The summed E-state index contributed by atoms with van der Waals surface area (Å²) in [5, 5.41) is 5.13. The second-order valence-electron chi connectivity index (χ2n) is 5.80. The minimum Gasteiger partial charge on any atom is -0.384 e. The molecule has 0 radical (unpaired) electrons. The molecule has 4 aromatic rings. The number of hydrogen-bond acceptors (Lipinski definition) is 6. The van der Waals surface area contributed by atoms with Crippen molar-refractivity contribution in [2.75, 3.05) is 17.6 Å². The van der Waals surface area contributed by atoms with E-state index in [2.05, 4.69) is 22.2 Å². The van der Waals surface area contributed by atoms with Gasteiger partial charge in [0.15, 0.2) is 4.96 Å². The Bertz CT molecular complexity index is 1050. The lowest BCUT2D eigenvalue weighted by Crippen LogP contribution is -2.07. The minimum absolute atomic E-state index is 0.284. The van der Waals surface area contributed by atoms with E-state index in [0.717, 1.165) is 34.9 Å². The van der Waals surface area contributed by atoms with Crippen LogP contribution in [-0.4, -0.2) is 25.9 Å². The first kappa shape index (κ1) is 16.5. The number of rotatable bonds is 5. The molecule has 0 aliphatic carbocycles. The molecule has 0 unspecified atom stereocenters. The van der Waals surface area contributed by atoms with E-state index in [4.69, 9.17) is 10.7 Å². The van der Waals surface area contributed by atoms with Crippen LogP contribution in [-0.2, 0) is 0 Å². The van der Waals surface area contributed by atoms with Crippen LogP contribution in [0.4, 0.5) is 16.2 Å². The number of nitrogens with one attached hydrogen (secondary N) is 1. The summed E-state index contributed by atoms with van der Waals surface area (Å²) >= 11 is 1.52. The van der Waals surface area contributed by atoms with Crippen molar-refractivity contribution >= 4 is 28.1 Å². The number of halogens is 1. The van der Waals surface area contributed by atoms with Crippen LogP contribution in [0.15, 0.2) is 41.9 Å². The lowest BCUT2D eigenvalue weighted by molar-refractivity contribution is 0.628. The second-order valence-corrected chi connectivity index (χ2v) is 6.67. The van der Waals surface area contributed by atoms with Gasteiger partial charge in [0, 0.05) is 29.8 Å². The molecule has 0 atom stereocenters. The normalized spacial score (nSPS) is 11.2. The minimum atomic E-state index is -0.284. The number of benzene rings is 1. The molecule has 0 fully saturated rings. The van der Waals surface area contributed by atoms with Crippen LogP contribution in [0.2, 0.25) is 0 Å². The van der Waals surface area contributed by atoms with Crippen molar-refractivity contribution in [2.24, 2.45) is 0 Å². The largest absolute Gasteiger partial charge is 0.384 e. The van der Waals surface area contributed by atoms with Crippen LogP contribution in [0.5, 0.6) is 0 Å². The molecule has 0 bridgehead atoms. The number of nitrogen functional groups attached to an aromatic ring is 1. The van der Waals surface area contributed by atoms with E-state index >= 15 is 0 Å². The maximum absolute atomic E-state index is 13.3. The third kappa shape index (κ3) is 2.99. The molecule has 0 amide bonds. The molecule has 0 aliphatic heterocycles. The van der Waals surface area contributed by atoms with E-state index in [-0.39, 0.29) is 5.82 Å². The summed E-state index contributed by atoms with van der Waals surface area (Å²) in [5.74, 6) is 0.578. The predicted octanol–water partition coefficient (Wildman–Crippen LogP) is 4.06. The first-order chi connectivity index (χ1) is 12.7. The molecule has 6 nitrogen and oxygen atoms in total. The SMILES string of the molecule is CCCNc1nc(N)cc(-c2c(-c3ccc(F)cc3)nc3sccn23)n1. The number of anilines is 2. The monoisotopic (exact) mass is 368 g/mol. The number of aromatic nitrogens is 4. The van der Waals surface area contributed by atoms with Crippen molar-refractivity contribution in [3.05, 3.63) is 47.7 Å². The molecule has 132 valence electrons. The molecule has 3 aromatic heterocycles. The van der Waals surface area contributed by atoms with Crippen molar-refractivity contribution in [3.63, 3.8) is 0 Å². The van der Waals surface area contributed by atoms with E-state index in [9.17, 15) is 4.39 Å². The number of imidazole rings is 1. The van der Waals surface area contributed by atoms with Crippen molar-refractivity contribution in [2.45, 2.75) is 13.3 Å². The Morgan fingerprint density at radius 1 is 1.19 bits per heavy atom. The smallest absolute Gasteiger partial charge is 0.225 e. The Balaban J connectivity index is 1.90. The first-order valence-electron chi connectivity index (χ1n) is 8.26. The van der Waals surface area contributed by atoms with E-state index in [1.807, 2.05) is 16.0 Å². The van der Waals surface area contributed by atoms with E-state index in [1.165, 1.54) is 23.5 Å². The Kier molecular flexibility index (Phi) is 4.26. The molecular formula is C18H17FN6S. The molecule has 26 heavy (non-hydrogen) atoms. The van der Waals surface area contributed by atoms with Gasteiger partial charge in [-0.3, -0.25) is 4.40 Å². The molecule has 3 heterocycles. The van der Waals surface area contributed by atoms with Gasteiger partial charge in [-0.2, -0.15) is 4.98 Å². The highest BCUT2D eigenvalue weighted by Gasteiger charge is 2.19. The van der Waals surface area contributed by atoms with Gasteiger partial charge in [-0.15, -0.1) is 11.3 Å². The average Bonchev–Trinajstić information content (AvgIpc) is 3.21. The molecular weight excluding hydrogens is 351 g/mol. The van der Waals surface area contributed by atoms with Crippen LogP contribution in [0.25, 0.3) is 27.6 Å². The van der Waals surface area contributed by atoms with Gasteiger partial charge in [0.1, 0.15) is 17.3 Å². The number of thiazole rings is 1. The fraction of sp³-hybridized carbons (Fsp3) is 0.167. The van der Waals surface area contributed by atoms with Gasteiger partial charge in [0.25, 0.3) is 0 Å². The average molecular weight is 368 g/mol. The van der Waals surface area contributed by atoms with Crippen molar-refractivity contribution in [1.29, 1.82) is 0 Å². The van der Waals surface area contributed by atoms with Gasteiger partial charge in [0.05, 0.1) is 11.4 Å². The maximum Gasteiger partial charge on any atom is 0.225 e. The highest BCUT2D eigenvalue weighted by molar-refractivity contribution is 7.15. The Morgan fingerprint density at radius 3 is 2.77 bits per heavy atom. The predicted molar refractivity (Wildman–Crippen MR) is 103 cm³/mol. The van der Waals surface area contributed by atoms with Crippen LogP contribution in [0, 0.1) is 5.82 Å². The third-order valence-electron chi connectivity index (χ3n) is 3.90. The highest BCUT2D eigenvalue weighted by atomic mass is 32.1. The van der Waals surface area contributed by atoms with Crippen LogP contribution >= 0.6 is 11.3 Å². The molecule has 3 N–H and O–H groups in total. The quantitative estimate of drug-likeness (QED) is 0.555. The molecule has 0 spiro atoms. The summed E-state index contributed by atoms with van der Waals surface area (Å²) in [5.41, 5.74) is 9.02. The van der Waals surface area contributed by atoms with Crippen molar-refractivity contribution in [1.82, 2.24) is 19.4 Å². The zero-order valence-electron chi connectivity index (χ0n) is 14.1. The zero-order valence-corrected chi connectivity index (χ0v) is 14.9. The summed E-state index contributed by atoms with van der Waals surface area (Å²) in [6.07, 6.45) is 2.89. The molecule has 8 heteroatoms. The Hall–Kier alpha value is -3.00. The van der Waals surface area contributed by atoms with Crippen LogP contribution in [0.3, 0.4) is 0 Å². The van der Waals surface area contributed by atoms with Gasteiger partial charge < -0.3 is 11.1 Å². The topological polar surface area (TPSA) is 81.1 Å². The number of hydrogen-bond donors (Lipinski definition) is 2. The summed E-state index contributed by atoms with van der Waals surface area (Å²) in [4.78, 5) is 14.4. The fourth-order valence-electron chi connectivity index (χ4n) is 2.74. The molecule has 1 aromatic carbocycles. The van der Waals surface area contributed by atoms with Crippen molar-refractivity contribution in [3.8, 4) is 22.6 Å². The standard InChI is InChI=1S/C18H17FN6S/c1-2-7-21-17-22-13(10-14(20)23-17)16-15(11-3-5-12(19)6-4-11)24-18-25(16)8-9-26-18/h3-6,8-10H,2,7H2,1H3,(H3,20,21,22,23). The highest BCUT2D eigenvalue weighted by Crippen LogP contribution is 2.34. The Labute approximate surface area is 153 Å². The molecule has 0 aliphatic rings. The lowest BCUT2D eigenvalue weighted by atomic mass is 10.1. The van der Waals surface area contributed by atoms with Crippen LogP contribution in [0.1, 0.15) is 13.3 Å². The number of nitrogens with two attached hydrogens (primary N) is 1. The third-order valence-corrected chi connectivity index (χ3v) is 4.66. The van der Waals surface area contributed by atoms with E-state index in [1.54, 1.807) is 18.2 Å². The maximum atomic E-state index is 13.3. The zero-order chi connectivity index (χ0) is 18.1. The van der Waals surface area contributed by atoms with E-state index in [0.29, 0.717) is 17.5 Å². The molecule has 0 saturated heterocycles. The summed E-state index contributed by atoms with van der Waals surface area (Å²) in [7, 11) is 0. The van der Waals surface area contributed by atoms with E-state index < -0.39 is 0 Å². The lowest BCUT2D eigenvalue weighted by Gasteiger charge is -2.08. The van der Waals surface area contributed by atoms with Gasteiger partial charge in [-0.05, 0) is 30.7 Å². The molecule has 0 saturated carbocycles. The summed E-state index contributed by atoms with van der Waals surface area (Å²) in [6, 6.07) is 8.01. The van der Waals surface area contributed by atoms with Gasteiger partial charge in [-0.1, -0.05) is 6.92 Å². The number of fused-ring (bicyclic) bond motifs is 1. The summed E-state index contributed by atoms with van der Waals surface area (Å²) < 4.78 is 15.3. The van der Waals surface area contributed by atoms with Gasteiger partial charge >= 0.3 is 0 Å². The first-order valence-corrected chi connectivity index (χ1v) is 9.14. The second kappa shape index (κ2) is 6.72. The fourth-order valence-corrected chi connectivity index (χ4v) is 3.46. The molecule has 4 rings (SSSR count). The van der Waals surface area contributed by atoms with Gasteiger partial charge in [-0.25, -0.2) is 14.4 Å². The summed E-state index contributed by atoms with van der Waals surface area (Å²) in [6.45, 7) is 2.83.